The van der Waals surface area contributed by atoms with E-state index in [-0.39, 0.29) is 5.91 Å². The van der Waals surface area contributed by atoms with E-state index >= 15 is 0 Å². The summed E-state index contributed by atoms with van der Waals surface area (Å²) in [6.07, 6.45) is 0. The summed E-state index contributed by atoms with van der Waals surface area (Å²) in [6, 6.07) is 7.18. The Bertz CT molecular complexity index is 630. The van der Waals surface area contributed by atoms with Crippen LogP contribution in [0.2, 0.25) is 0 Å². The molecule has 0 aliphatic carbocycles. The quantitative estimate of drug-likeness (QED) is 0.833. The Kier molecular flexibility index (Phi) is 4.85. The molecule has 1 aromatic carbocycles. The molecule has 0 aliphatic rings. The molecule has 0 fully saturated rings. The maximum Gasteiger partial charge on any atom is 0.251 e. The van der Waals surface area contributed by atoms with Gasteiger partial charge in [-0.15, -0.1) is 11.3 Å². The highest BCUT2D eigenvalue weighted by Crippen LogP contribution is 2.21. The molecule has 0 saturated carbocycles. The van der Waals surface area contributed by atoms with E-state index in [0.717, 1.165) is 4.88 Å². The Morgan fingerprint density at radius 1 is 1.29 bits per heavy atom. The Labute approximate surface area is 128 Å². The van der Waals surface area contributed by atoms with Gasteiger partial charge in [0.2, 0.25) is 0 Å². The molecule has 0 spiro atoms. The van der Waals surface area contributed by atoms with Crippen LogP contribution in [-0.2, 0) is 6.54 Å². The van der Waals surface area contributed by atoms with E-state index in [1.807, 2.05) is 6.92 Å². The molecule has 0 atom stereocenters. The molecule has 4 nitrogen and oxygen atoms in total. The molecule has 1 aromatic heterocycles. The van der Waals surface area contributed by atoms with Crippen molar-refractivity contribution in [2.75, 3.05) is 12.3 Å². The average Bonchev–Trinajstić information content (AvgIpc) is 2.75. The number of hydrogen-bond donors (Lipinski definition) is 2. The number of hydrogen-bond acceptors (Lipinski definition) is 4. The number of rotatable bonds is 5. The normalized spacial score (nSPS) is 10.4. The average molecular weight is 304 g/mol. The summed E-state index contributed by atoms with van der Waals surface area (Å²) in [5, 5.41) is 2.91. The molecule has 0 saturated heterocycles. The third-order valence-corrected chi connectivity index (χ3v) is 4.29. The lowest BCUT2D eigenvalue weighted by Gasteiger charge is -2.08. The second kappa shape index (κ2) is 6.63. The largest absolute Gasteiger partial charge is 0.494 e. The Balaban J connectivity index is 2.06. The zero-order valence-corrected chi connectivity index (χ0v) is 13.3. The van der Waals surface area contributed by atoms with Crippen LogP contribution in [0.5, 0.6) is 5.75 Å². The lowest BCUT2D eigenvalue weighted by molar-refractivity contribution is 0.0951. The van der Waals surface area contributed by atoms with Crippen molar-refractivity contribution in [2.24, 2.45) is 0 Å². The molecule has 0 aliphatic heterocycles. The van der Waals surface area contributed by atoms with Gasteiger partial charge in [0.05, 0.1) is 13.2 Å². The molecule has 5 heteroatoms. The van der Waals surface area contributed by atoms with Gasteiger partial charge in [-0.25, -0.2) is 0 Å². The Morgan fingerprint density at radius 2 is 2.05 bits per heavy atom. The van der Waals surface area contributed by atoms with Crippen LogP contribution >= 0.6 is 11.3 Å². The van der Waals surface area contributed by atoms with Gasteiger partial charge in [0.15, 0.2) is 0 Å². The minimum Gasteiger partial charge on any atom is -0.494 e. The van der Waals surface area contributed by atoms with E-state index in [1.165, 1.54) is 10.4 Å². The van der Waals surface area contributed by atoms with Gasteiger partial charge in [-0.2, -0.15) is 0 Å². The lowest BCUT2D eigenvalue weighted by Crippen LogP contribution is -2.22. The van der Waals surface area contributed by atoms with Gasteiger partial charge < -0.3 is 15.8 Å². The fraction of sp³-hybridized carbons (Fsp3) is 0.312. The molecule has 1 heterocycles. The number of aryl methyl sites for hydroxylation is 2. The number of anilines is 1. The van der Waals surface area contributed by atoms with E-state index < -0.39 is 0 Å². The first-order chi connectivity index (χ1) is 9.99. The summed E-state index contributed by atoms with van der Waals surface area (Å²) in [4.78, 5) is 14.6. The number of carbonyl (C=O) groups excluding carboxylic acids is 1. The number of amides is 1. The molecule has 1 amide bonds. The van der Waals surface area contributed by atoms with Crippen LogP contribution in [0, 0.1) is 13.8 Å². The summed E-state index contributed by atoms with van der Waals surface area (Å²) in [6.45, 7) is 7.11. The number of carbonyl (C=O) groups is 1. The standard InChI is InChI=1S/C16H20N2O2S/c1-4-20-14-7-12(6-13(17)8-14)16(19)18-9-15-5-10(2)11(3)21-15/h5-8H,4,9,17H2,1-3H3,(H,18,19). The van der Waals surface area contributed by atoms with E-state index in [2.05, 4.69) is 25.2 Å². The van der Waals surface area contributed by atoms with Gasteiger partial charge in [0.1, 0.15) is 5.75 Å². The fourth-order valence-electron chi connectivity index (χ4n) is 2.01. The highest BCUT2D eigenvalue weighted by molar-refractivity contribution is 7.12. The van der Waals surface area contributed by atoms with Crippen LogP contribution in [0.4, 0.5) is 5.69 Å². The number of nitrogens with one attached hydrogen (secondary N) is 1. The molecule has 0 unspecified atom stereocenters. The summed E-state index contributed by atoms with van der Waals surface area (Å²) in [5.74, 6) is 0.470. The third-order valence-electron chi connectivity index (χ3n) is 3.14. The number of nitrogens with two attached hydrogens (primary N) is 1. The van der Waals surface area contributed by atoms with Crippen LogP contribution in [0.15, 0.2) is 24.3 Å². The topological polar surface area (TPSA) is 64.3 Å². The van der Waals surface area contributed by atoms with Gasteiger partial charge in [-0.3, -0.25) is 4.79 Å². The minimum absolute atomic E-state index is 0.146. The van der Waals surface area contributed by atoms with Crippen molar-refractivity contribution in [3.8, 4) is 5.75 Å². The first-order valence-electron chi connectivity index (χ1n) is 6.87. The maximum atomic E-state index is 12.2. The van der Waals surface area contributed by atoms with Gasteiger partial charge in [0.25, 0.3) is 5.91 Å². The molecule has 0 bridgehead atoms. The second-order valence-corrected chi connectivity index (χ2v) is 6.20. The van der Waals surface area contributed by atoms with Gasteiger partial charge in [0, 0.05) is 27.1 Å². The molecule has 0 radical (unpaired) electrons. The SMILES string of the molecule is CCOc1cc(N)cc(C(=O)NCc2cc(C)c(C)s2)c1. The van der Waals surface area contributed by atoms with Crippen molar-refractivity contribution in [1.82, 2.24) is 5.32 Å². The molecule has 2 aromatic rings. The predicted molar refractivity (Wildman–Crippen MR) is 87.0 cm³/mol. The van der Waals surface area contributed by atoms with Crippen molar-refractivity contribution < 1.29 is 9.53 Å². The number of ether oxygens (including phenoxy) is 1. The van der Waals surface area contributed by atoms with Crippen molar-refractivity contribution >= 4 is 22.9 Å². The van der Waals surface area contributed by atoms with E-state index in [0.29, 0.717) is 30.2 Å². The fourth-order valence-corrected chi connectivity index (χ4v) is 3.00. The summed E-state index contributed by atoms with van der Waals surface area (Å²) in [5.41, 5.74) is 8.10. The van der Waals surface area contributed by atoms with Crippen LogP contribution in [-0.4, -0.2) is 12.5 Å². The highest BCUT2D eigenvalue weighted by Gasteiger charge is 2.09. The Morgan fingerprint density at radius 3 is 2.67 bits per heavy atom. The lowest BCUT2D eigenvalue weighted by atomic mass is 10.1. The zero-order valence-electron chi connectivity index (χ0n) is 12.5. The first kappa shape index (κ1) is 15.4. The zero-order chi connectivity index (χ0) is 15.4. The van der Waals surface area contributed by atoms with Gasteiger partial charge >= 0.3 is 0 Å². The summed E-state index contributed by atoms with van der Waals surface area (Å²) in [7, 11) is 0. The van der Waals surface area contributed by atoms with Crippen molar-refractivity contribution in [2.45, 2.75) is 27.3 Å². The maximum absolute atomic E-state index is 12.2. The van der Waals surface area contributed by atoms with Crippen molar-refractivity contribution in [1.29, 1.82) is 0 Å². The molecule has 112 valence electrons. The molecule has 3 N–H and O–H groups in total. The van der Waals surface area contributed by atoms with E-state index in [4.69, 9.17) is 10.5 Å². The van der Waals surface area contributed by atoms with Gasteiger partial charge in [-0.1, -0.05) is 0 Å². The smallest absolute Gasteiger partial charge is 0.251 e. The summed E-state index contributed by atoms with van der Waals surface area (Å²) < 4.78 is 5.40. The Hall–Kier alpha value is -2.01. The van der Waals surface area contributed by atoms with Crippen LogP contribution in [0.3, 0.4) is 0 Å². The van der Waals surface area contributed by atoms with Crippen LogP contribution in [0.25, 0.3) is 0 Å². The number of thiophene rings is 1. The minimum atomic E-state index is -0.146. The molecule has 21 heavy (non-hydrogen) atoms. The molecule has 2 rings (SSSR count). The van der Waals surface area contributed by atoms with Crippen LogP contribution < -0.4 is 15.8 Å². The van der Waals surface area contributed by atoms with Crippen molar-refractivity contribution in [3.05, 3.63) is 45.1 Å². The molecular weight excluding hydrogens is 284 g/mol. The number of nitrogen functional groups attached to an aromatic ring is 1. The van der Waals surface area contributed by atoms with Gasteiger partial charge in [-0.05, 0) is 44.5 Å². The number of benzene rings is 1. The highest BCUT2D eigenvalue weighted by atomic mass is 32.1. The summed E-state index contributed by atoms with van der Waals surface area (Å²) >= 11 is 1.70. The second-order valence-electron chi connectivity index (χ2n) is 4.86. The van der Waals surface area contributed by atoms with Crippen LogP contribution in [0.1, 0.15) is 32.6 Å². The third kappa shape index (κ3) is 3.98. The van der Waals surface area contributed by atoms with Crippen molar-refractivity contribution in [3.63, 3.8) is 0 Å². The van der Waals surface area contributed by atoms with E-state index in [9.17, 15) is 4.79 Å². The first-order valence-corrected chi connectivity index (χ1v) is 7.68. The monoisotopic (exact) mass is 304 g/mol. The van der Waals surface area contributed by atoms with E-state index in [1.54, 1.807) is 29.5 Å². The molecular formula is C16H20N2O2S. The predicted octanol–water partition coefficient (Wildman–Crippen LogP) is 3.28.